The minimum atomic E-state index is 0.433. The second kappa shape index (κ2) is 9.27. The van der Waals surface area contributed by atoms with Gasteiger partial charge in [-0.05, 0) is 25.2 Å². The van der Waals surface area contributed by atoms with E-state index in [2.05, 4.69) is 25.6 Å². The maximum Gasteiger partial charge on any atom is 0.0133 e. The molecular weight excluding hydrogens is 226 g/mol. The van der Waals surface area contributed by atoms with Gasteiger partial charge in [0.15, 0.2) is 0 Å². The lowest BCUT2D eigenvalue weighted by atomic mass is 9.93. The lowest BCUT2D eigenvalue weighted by Crippen LogP contribution is -2.27. The van der Waals surface area contributed by atoms with E-state index < -0.39 is 0 Å². The number of rotatable bonds is 9. The molecular formula is C15H31NS. The summed E-state index contributed by atoms with van der Waals surface area (Å²) < 4.78 is 0. The second-order valence-electron chi connectivity index (χ2n) is 5.65. The fourth-order valence-corrected chi connectivity index (χ4v) is 4.11. The van der Waals surface area contributed by atoms with Crippen LogP contribution in [0.1, 0.15) is 71.6 Å². The Bertz CT molecular complexity index is 178. The van der Waals surface area contributed by atoms with Gasteiger partial charge in [0.25, 0.3) is 0 Å². The molecule has 0 heterocycles. The normalized spacial score (nSPS) is 20.6. The fourth-order valence-electron chi connectivity index (χ4n) is 2.79. The number of thioether (sulfide) groups is 1. The third-order valence-corrected chi connectivity index (χ3v) is 5.59. The Hall–Kier alpha value is 0.310. The first-order valence-electron chi connectivity index (χ1n) is 7.63. The molecule has 0 saturated heterocycles. The first kappa shape index (κ1) is 15.4. The maximum atomic E-state index is 6.28. The van der Waals surface area contributed by atoms with Gasteiger partial charge in [-0.2, -0.15) is 11.8 Å². The number of hydrogen-bond acceptors (Lipinski definition) is 2. The summed E-state index contributed by atoms with van der Waals surface area (Å²) >= 11 is 2.14. The van der Waals surface area contributed by atoms with E-state index in [1.165, 1.54) is 63.5 Å². The van der Waals surface area contributed by atoms with Gasteiger partial charge in [0.05, 0.1) is 0 Å². The van der Waals surface area contributed by atoms with Crippen LogP contribution in [0.5, 0.6) is 0 Å². The predicted octanol–water partition coefficient (Wildman–Crippen LogP) is 4.60. The average Bonchev–Trinajstić information content (AvgIpc) is 2.85. The largest absolute Gasteiger partial charge is 0.327 e. The van der Waals surface area contributed by atoms with E-state index in [9.17, 15) is 0 Å². The summed E-state index contributed by atoms with van der Waals surface area (Å²) in [5, 5.41) is 0.928. The molecule has 0 aromatic heterocycles. The molecule has 102 valence electrons. The summed E-state index contributed by atoms with van der Waals surface area (Å²) in [6.45, 7) is 4.60. The van der Waals surface area contributed by atoms with Crippen molar-refractivity contribution in [1.29, 1.82) is 0 Å². The van der Waals surface area contributed by atoms with Crippen LogP contribution in [-0.4, -0.2) is 17.0 Å². The molecule has 1 saturated carbocycles. The number of unbranched alkanes of at least 4 members (excludes halogenated alkanes) is 1. The van der Waals surface area contributed by atoms with Crippen molar-refractivity contribution in [2.75, 3.05) is 5.75 Å². The highest BCUT2D eigenvalue weighted by Crippen LogP contribution is 2.30. The highest BCUT2D eigenvalue weighted by molar-refractivity contribution is 7.99. The number of hydrogen-bond donors (Lipinski definition) is 1. The summed E-state index contributed by atoms with van der Waals surface area (Å²) in [4.78, 5) is 0. The summed E-state index contributed by atoms with van der Waals surface area (Å²) in [5.74, 6) is 2.06. The molecule has 1 aliphatic rings. The Kier molecular flexibility index (Phi) is 8.38. The monoisotopic (exact) mass is 257 g/mol. The van der Waals surface area contributed by atoms with E-state index in [-0.39, 0.29) is 0 Å². The molecule has 0 radical (unpaired) electrons. The van der Waals surface area contributed by atoms with Gasteiger partial charge in [-0.1, -0.05) is 52.4 Å². The topological polar surface area (TPSA) is 26.0 Å². The molecule has 1 fully saturated rings. The number of nitrogens with two attached hydrogens (primary N) is 1. The zero-order valence-corrected chi connectivity index (χ0v) is 12.6. The van der Waals surface area contributed by atoms with Gasteiger partial charge >= 0.3 is 0 Å². The SMILES string of the molecule is CCCCC(CC)CC(N)CSC1CCCC1. The molecule has 0 aromatic carbocycles. The van der Waals surface area contributed by atoms with E-state index in [0.29, 0.717) is 6.04 Å². The highest BCUT2D eigenvalue weighted by Gasteiger charge is 2.18. The van der Waals surface area contributed by atoms with Gasteiger partial charge in [0.2, 0.25) is 0 Å². The minimum Gasteiger partial charge on any atom is -0.327 e. The smallest absolute Gasteiger partial charge is 0.0133 e. The van der Waals surface area contributed by atoms with Gasteiger partial charge in [-0.15, -0.1) is 0 Å². The Labute approximate surface area is 112 Å². The van der Waals surface area contributed by atoms with E-state index in [1.54, 1.807) is 0 Å². The van der Waals surface area contributed by atoms with Gasteiger partial charge in [-0.3, -0.25) is 0 Å². The van der Waals surface area contributed by atoms with Crippen LogP contribution in [0.3, 0.4) is 0 Å². The van der Waals surface area contributed by atoms with E-state index in [4.69, 9.17) is 5.73 Å². The molecule has 2 unspecified atom stereocenters. The molecule has 0 bridgehead atoms. The first-order chi connectivity index (χ1) is 8.26. The van der Waals surface area contributed by atoms with E-state index in [1.807, 2.05) is 0 Å². The molecule has 2 atom stereocenters. The Morgan fingerprint density at radius 3 is 2.53 bits per heavy atom. The maximum absolute atomic E-state index is 6.28. The van der Waals surface area contributed by atoms with Crippen LogP contribution in [0, 0.1) is 5.92 Å². The summed E-state index contributed by atoms with van der Waals surface area (Å²) in [6, 6.07) is 0.433. The zero-order valence-electron chi connectivity index (χ0n) is 11.8. The Balaban J connectivity index is 2.10. The van der Waals surface area contributed by atoms with Crippen molar-refractivity contribution in [3.8, 4) is 0 Å². The predicted molar refractivity (Wildman–Crippen MR) is 80.6 cm³/mol. The average molecular weight is 257 g/mol. The van der Waals surface area contributed by atoms with Crippen LogP contribution in [0.25, 0.3) is 0 Å². The van der Waals surface area contributed by atoms with Gasteiger partial charge < -0.3 is 5.73 Å². The molecule has 1 rings (SSSR count). The first-order valence-corrected chi connectivity index (χ1v) is 8.68. The lowest BCUT2D eigenvalue weighted by Gasteiger charge is -2.20. The lowest BCUT2D eigenvalue weighted by molar-refractivity contribution is 0.396. The van der Waals surface area contributed by atoms with E-state index >= 15 is 0 Å². The van der Waals surface area contributed by atoms with Crippen molar-refractivity contribution < 1.29 is 0 Å². The zero-order chi connectivity index (χ0) is 12.5. The van der Waals surface area contributed by atoms with Gasteiger partial charge in [-0.25, -0.2) is 0 Å². The molecule has 17 heavy (non-hydrogen) atoms. The van der Waals surface area contributed by atoms with Crippen LogP contribution in [0.4, 0.5) is 0 Å². The van der Waals surface area contributed by atoms with Crippen LogP contribution in [0.15, 0.2) is 0 Å². The summed E-state index contributed by atoms with van der Waals surface area (Å²) in [6.07, 6.45) is 12.4. The minimum absolute atomic E-state index is 0.433. The molecule has 1 nitrogen and oxygen atoms in total. The Morgan fingerprint density at radius 2 is 1.94 bits per heavy atom. The standard InChI is InChI=1S/C15H31NS/c1-3-5-8-13(4-2)11-14(16)12-17-15-9-6-7-10-15/h13-15H,3-12,16H2,1-2H3. The quantitative estimate of drug-likeness (QED) is 0.653. The van der Waals surface area contributed by atoms with Crippen molar-refractivity contribution in [2.45, 2.75) is 82.9 Å². The molecule has 2 N–H and O–H groups in total. The molecule has 2 heteroatoms. The third-order valence-electron chi connectivity index (χ3n) is 4.03. The van der Waals surface area contributed by atoms with Crippen molar-refractivity contribution in [1.82, 2.24) is 0 Å². The molecule has 1 aliphatic carbocycles. The van der Waals surface area contributed by atoms with Crippen molar-refractivity contribution >= 4 is 11.8 Å². The van der Waals surface area contributed by atoms with Crippen LogP contribution < -0.4 is 5.73 Å². The molecule has 0 aromatic rings. The molecule has 0 aliphatic heterocycles. The second-order valence-corrected chi connectivity index (χ2v) is 6.99. The Morgan fingerprint density at radius 1 is 1.24 bits per heavy atom. The highest BCUT2D eigenvalue weighted by atomic mass is 32.2. The van der Waals surface area contributed by atoms with Gasteiger partial charge in [0, 0.05) is 17.0 Å². The van der Waals surface area contributed by atoms with Gasteiger partial charge in [0.1, 0.15) is 0 Å². The van der Waals surface area contributed by atoms with Crippen molar-refractivity contribution in [3.05, 3.63) is 0 Å². The van der Waals surface area contributed by atoms with Crippen molar-refractivity contribution in [3.63, 3.8) is 0 Å². The van der Waals surface area contributed by atoms with Crippen LogP contribution in [0.2, 0.25) is 0 Å². The van der Waals surface area contributed by atoms with Crippen molar-refractivity contribution in [2.24, 2.45) is 11.7 Å². The molecule has 0 amide bonds. The van der Waals surface area contributed by atoms with E-state index in [0.717, 1.165) is 11.2 Å². The van der Waals surface area contributed by atoms with Crippen LogP contribution >= 0.6 is 11.8 Å². The fraction of sp³-hybridized carbons (Fsp3) is 1.00. The third kappa shape index (κ3) is 6.71. The molecule has 0 spiro atoms. The van der Waals surface area contributed by atoms with Crippen LogP contribution in [-0.2, 0) is 0 Å². The summed E-state index contributed by atoms with van der Waals surface area (Å²) in [7, 11) is 0. The summed E-state index contributed by atoms with van der Waals surface area (Å²) in [5.41, 5.74) is 6.28.